The molecule has 2 atom stereocenters. The molecule has 0 fully saturated rings. The molecule has 1 aromatic rings. The quantitative estimate of drug-likeness (QED) is 0.0602. The van der Waals surface area contributed by atoms with Gasteiger partial charge < -0.3 is 37.6 Å². The van der Waals surface area contributed by atoms with Crippen LogP contribution in [0.15, 0.2) is 30.3 Å². The minimum Gasteiger partial charge on any atom is -0.370 e. The van der Waals surface area contributed by atoms with Crippen LogP contribution in [0.4, 0.5) is 0 Å². The fraction of sp³-hybridized carbons (Fsp3) is 0.567. The van der Waals surface area contributed by atoms with Gasteiger partial charge in [0.1, 0.15) is 6.04 Å². The Labute approximate surface area is 268 Å². The zero-order valence-corrected chi connectivity index (χ0v) is 26.9. The lowest BCUT2D eigenvalue weighted by Gasteiger charge is -2.19. The summed E-state index contributed by atoms with van der Waals surface area (Å²) in [6, 6.07) is 7.96. The Hall–Kier alpha value is -4.14. The molecule has 0 spiro atoms. The number of nitrogens with two attached hydrogens (primary N) is 1. The average Bonchev–Trinajstić information content (AvgIpc) is 3.02. The van der Waals surface area contributed by atoms with Crippen LogP contribution in [0.2, 0.25) is 0 Å². The van der Waals surface area contributed by atoms with Crippen LogP contribution in [0.1, 0.15) is 57.9 Å². The summed E-state index contributed by atoms with van der Waals surface area (Å²) < 4.78 is 0. The molecule has 250 valence electrons. The second kappa shape index (κ2) is 23.3. The molecule has 14 nitrogen and oxygen atoms in total. The van der Waals surface area contributed by atoms with Crippen molar-refractivity contribution in [3.63, 3.8) is 0 Å². The summed E-state index contributed by atoms with van der Waals surface area (Å²) in [5.74, 6) is -2.25. The number of carbonyl (C=O) groups excluding carboxylic acids is 7. The van der Waals surface area contributed by atoms with Gasteiger partial charge in [0.25, 0.3) is 0 Å². The fourth-order valence-corrected chi connectivity index (χ4v) is 4.45. The molecule has 1 rings (SSSR count). The van der Waals surface area contributed by atoms with Crippen molar-refractivity contribution in [1.82, 2.24) is 31.9 Å². The van der Waals surface area contributed by atoms with Gasteiger partial charge in [0.05, 0.1) is 25.5 Å². The third-order valence-corrected chi connectivity index (χ3v) is 7.40. The lowest BCUT2D eigenvalue weighted by atomic mass is 10.1. The van der Waals surface area contributed by atoms with Gasteiger partial charge in [0.2, 0.25) is 41.4 Å². The second-order valence-corrected chi connectivity index (χ2v) is 11.5. The number of amides is 7. The van der Waals surface area contributed by atoms with Crippen LogP contribution in [-0.4, -0.2) is 85.2 Å². The molecule has 0 aliphatic heterocycles. The van der Waals surface area contributed by atoms with E-state index in [1.165, 1.54) is 11.8 Å². The summed E-state index contributed by atoms with van der Waals surface area (Å²) in [6.07, 6.45) is 3.46. The maximum Gasteiger partial charge on any atom is 0.243 e. The molecule has 1 aromatic carbocycles. The number of carbonyl (C=O) groups is 7. The van der Waals surface area contributed by atoms with Gasteiger partial charge in [-0.05, 0) is 24.8 Å². The fourth-order valence-electron chi connectivity index (χ4n) is 3.70. The number of hydrogen-bond acceptors (Lipinski definition) is 8. The van der Waals surface area contributed by atoms with E-state index in [0.717, 1.165) is 24.8 Å². The van der Waals surface area contributed by atoms with Crippen LogP contribution in [0, 0.1) is 5.92 Å². The lowest BCUT2D eigenvalue weighted by Crippen LogP contribution is -2.52. The monoisotopic (exact) mass is 649 g/mol. The molecule has 0 saturated heterocycles. The van der Waals surface area contributed by atoms with E-state index in [2.05, 4.69) is 31.9 Å². The van der Waals surface area contributed by atoms with E-state index < -0.39 is 42.1 Å². The van der Waals surface area contributed by atoms with Crippen LogP contribution in [0.3, 0.4) is 0 Å². The van der Waals surface area contributed by atoms with E-state index in [4.69, 9.17) is 5.73 Å². The van der Waals surface area contributed by atoms with Crippen LogP contribution >= 0.6 is 11.8 Å². The Kier molecular flexibility index (Phi) is 20.1. The zero-order valence-electron chi connectivity index (χ0n) is 26.1. The van der Waals surface area contributed by atoms with E-state index in [9.17, 15) is 33.6 Å². The van der Waals surface area contributed by atoms with Crippen LogP contribution < -0.4 is 37.6 Å². The van der Waals surface area contributed by atoms with Crippen molar-refractivity contribution in [2.24, 2.45) is 11.7 Å². The maximum atomic E-state index is 12.9. The molecule has 15 heteroatoms. The van der Waals surface area contributed by atoms with E-state index in [-0.39, 0.29) is 56.0 Å². The molecule has 0 heterocycles. The summed E-state index contributed by atoms with van der Waals surface area (Å²) in [5.41, 5.74) is 5.84. The predicted octanol–water partition coefficient (Wildman–Crippen LogP) is -0.532. The molecular weight excluding hydrogens is 602 g/mol. The van der Waals surface area contributed by atoms with Gasteiger partial charge >= 0.3 is 0 Å². The highest BCUT2D eigenvalue weighted by Gasteiger charge is 2.22. The molecule has 45 heavy (non-hydrogen) atoms. The molecule has 0 saturated carbocycles. The van der Waals surface area contributed by atoms with Crippen LogP contribution in [-0.2, 0) is 40.0 Å². The number of nitrogens with one attached hydrogen (secondary N) is 6. The van der Waals surface area contributed by atoms with Gasteiger partial charge in [0, 0.05) is 37.5 Å². The van der Waals surface area contributed by atoms with Crippen molar-refractivity contribution in [2.75, 3.05) is 37.8 Å². The van der Waals surface area contributed by atoms with Crippen molar-refractivity contribution >= 4 is 53.1 Å². The first-order valence-corrected chi connectivity index (χ1v) is 16.2. The Balaban J connectivity index is 2.39. The number of thioether (sulfide) groups is 1. The van der Waals surface area contributed by atoms with Crippen molar-refractivity contribution < 1.29 is 33.6 Å². The van der Waals surface area contributed by atoms with Crippen molar-refractivity contribution in [2.45, 2.75) is 64.8 Å². The molecule has 0 radical (unpaired) electrons. The highest BCUT2D eigenvalue weighted by Crippen LogP contribution is 2.04. The standard InChI is InChI=1S/C30H47N7O7S/c1-3-21(2)29(43)32-14-9-5-8-12-25(39)33-17-26(40)34-19-28(42)37-23(16-22-10-6-4-7-11-22)30(44)35-18-27(41)36-20-45-15-13-24(31)38/h4,6-7,10-11,21,23H,3,5,8-9,12-20H2,1-2H3,(H2,31,38)(H,32,43)(H,33,39)(H,34,40)(H,35,44)(H,36,41)(H,37,42)/t21?,23-/m0/s1. The highest BCUT2D eigenvalue weighted by atomic mass is 32.2. The Morgan fingerprint density at radius 3 is 2.07 bits per heavy atom. The summed E-state index contributed by atoms with van der Waals surface area (Å²) in [7, 11) is 0. The van der Waals surface area contributed by atoms with Gasteiger partial charge in [-0.25, -0.2) is 0 Å². The summed E-state index contributed by atoms with van der Waals surface area (Å²) in [5, 5.41) is 15.5. The van der Waals surface area contributed by atoms with Gasteiger partial charge in [-0.15, -0.1) is 11.8 Å². The minimum atomic E-state index is -1.02. The summed E-state index contributed by atoms with van der Waals surface area (Å²) in [4.78, 5) is 84.2. The Morgan fingerprint density at radius 1 is 0.733 bits per heavy atom. The second-order valence-electron chi connectivity index (χ2n) is 10.4. The van der Waals surface area contributed by atoms with Crippen LogP contribution in [0.25, 0.3) is 0 Å². The van der Waals surface area contributed by atoms with Gasteiger partial charge in [-0.2, -0.15) is 0 Å². The largest absolute Gasteiger partial charge is 0.370 e. The number of benzene rings is 1. The first-order valence-electron chi connectivity index (χ1n) is 15.1. The number of unbranched alkanes of at least 4 members (excludes halogenated alkanes) is 2. The number of rotatable bonds is 23. The third kappa shape index (κ3) is 19.7. The van der Waals surface area contributed by atoms with Crippen molar-refractivity contribution in [3.05, 3.63) is 35.9 Å². The molecule has 1 unspecified atom stereocenters. The molecule has 0 bridgehead atoms. The number of hydrogen-bond donors (Lipinski definition) is 7. The maximum absolute atomic E-state index is 12.9. The van der Waals surface area contributed by atoms with E-state index in [1.807, 2.05) is 19.9 Å². The Bertz CT molecular complexity index is 1120. The molecule has 0 aliphatic carbocycles. The van der Waals surface area contributed by atoms with Gasteiger partial charge in [0.15, 0.2) is 0 Å². The topological polar surface area (TPSA) is 218 Å². The van der Waals surface area contributed by atoms with Crippen molar-refractivity contribution in [1.29, 1.82) is 0 Å². The third-order valence-electron chi connectivity index (χ3n) is 6.55. The first kappa shape index (κ1) is 38.9. The molecule has 0 aliphatic rings. The normalized spacial score (nSPS) is 11.8. The smallest absolute Gasteiger partial charge is 0.243 e. The van der Waals surface area contributed by atoms with Crippen LogP contribution in [0.5, 0.6) is 0 Å². The predicted molar refractivity (Wildman–Crippen MR) is 171 cm³/mol. The summed E-state index contributed by atoms with van der Waals surface area (Å²) in [6.45, 7) is 3.34. The molecular formula is C30H47N7O7S. The van der Waals surface area contributed by atoms with Gasteiger partial charge in [-0.3, -0.25) is 33.6 Å². The molecule has 0 aromatic heterocycles. The first-order chi connectivity index (χ1) is 21.5. The average molecular weight is 650 g/mol. The SMILES string of the molecule is CCC(C)C(=O)NCCCCCC(=O)NCC(=O)NCC(=O)N[C@@H](Cc1ccccc1)C(=O)NCC(=O)NCSCCC(N)=O. The van der Waals surface area contributed by atoms with Crippen molar-refractivity contribution in [3.8, 4) is 0 Å². The summed E-state index contributed by atoms with van der Waals surface area (Å²) >= 11 is 1.31. The van der Waals surface area contributed by atoms with E-state index >= 15 is 0 Å². The zero-order chi connectivity index (χ0) is 33.5. The molecule has 8 N–H and O–H groups in total. The number of primary amides is 1. The lowest BCUT2D eigenvalue weighted by molar-refractivity contribution is -0.131. The molecule has 7 amide bonds. The van der Waals surface area contributed by atoms with E-state index in [1.54, 1.807) is 24.3 Å². The highest BCUT2D eigenvalue weighted by molar-refractivity contribution is 7.99. The van der Waals surface area contributed by atoms with E-state index in [0.29, 0.717) is 18.7 Å². The minimum absolute atomic E-state index is 0.0222. The Morgan fingerprint density at radius 2 is 1.38 bits per heavy atom. The van der Waals surface area contributed by atoms with Gasteiger partial charge in [-0.1, -0.05) is 50.6 Å².